The van der Waals surface area contributed by atoms with Crippen molar-refractivity contribution in [3.8, 4) is 0 Å². The fourth-order valence-corrected chi connectivity index (χ4v) is 5.22. The van der Waals surface area contributed by atoms with Crippen LogP contribution in [0.5, 0.6) is 0 Å². The van der Waals surface area contributed by atoms with Crippen LogP contribution in [0.2, 0.25) is 15.1 Å². The maximum atomic E-state index is 13.9. The third kappa shape index (κ3) is 5.06. The van der Waals surface area contributed by atoms with E-state index in [1.165, 1.54) is 24.3 Å². The van der Waals surface area contributed by atoms with Gasteiger partial charge in [0.2, 0.25) is 5.91 Å². The molecular formula is C23H12Cl5F3N2O2. The summed E-state index contributed by atoms with van der Waals surface area (Å²) in [5.74, 6) is -5.60. The molecule has 1 aliphatic rings. The van der Waals surface area contributed by atoms with Crippen molar-refractivity contribution in [2.45, 2.75) is 10.3 Å². The molecule has 2 unspecified atom stereocenters. The quantitative estimate of drug-likeness (QED) is 0.301. The van der Waals surface area contributed by atoms with Crippen molar-refractivity contribution in [3.05, 3.63) is 92.2 Å². The van der Waals surface area contributed by atoms with Crippen LogP contribution in [0.25, 0.3) is 0 Å². The van der Waals surface area contributed by atoms with Gasteiger partial charge >= 0.3 is 0 Å². The molecule has 1 saturated carbocycles. The smallest absolute Gasteiger partial charge is 0.258 e. The minimum Gasteiger partial charge on any atom is -0.324 e. The van der Waals surface area contributed by atoms with Gasteiger partial charge in [0.05, 0.1) is 37.9 Å². The van der Waals surface area contributed by atoms with E-state index in [0.29, 0.717) is 11.6 Å². The minimum absolute atomic E-state index is 0.0118. The molecule has 4 rings (SSSR count). The van der Waals surface area contributed by atoms with E-state index in [9.17, 15) is 22.8 Å². The number of amides is 2. The Bertz CT molecular complexity index is 1370. The molecule has 1 fully saturated rings. The summed E-state index contributed by atoms with van der Waals surface area (Å²) in [5.41, 5.74) is -0.0794. The summed E-state index contributed by atoms with van der Waals surface area (Å²) in [4.78, 5) is 25.7. The van der Waals surface area contributed by atoms with Gasteiger partial charge < -0.3 is 10.6 Å². The van der Waals surface area contributed by atoms with Gasteiger partial charge in [-0.05, 0) is 42.0 Å². The SMILES string of the molecule is O=C(Nc1ccc(F)cc1F)c1c(Cl)ccc(NC(=O)C2C(c3ccc(F)c(Cl)c3)C2(Cl)Cl)c1Cl. The topological polar surface area (TPSA) is 58.2 Å². The summed E-state index contributed by atoms with van der Waals surface area (Å²) in [6.45, 7) is 0. The molecule has 0 radical (unpaired) electrons. The number of carbonyl (C=O) groups is 2. The molecular weight excluding hydrogens is 571 g/mol. The largest absolute Gasteiger partial charge is 0.324 e. The lowest BCUT2D eigenvalue weighted by atomic mass is 10.1. The monoisotopic (exact) mass is 580 g/mol. The molecule has 182 valence electrons. The molecule has 35 heavy (non-hydrogen) atoms. The highest BCUT2D eigenvalue weighted by molar-refractivity contribution is 6.53. The first-order chi connectivity index (χ1) is 16.4. The zero-order valence-corrected chi connectivity index (χ0v) is 20.9. The van der Waals surface area contributed by atoms with E-state index < -0.39 is 45.4 Å². The van der Waals surface area contributed by atoms with Crippen molar-refractivity contribution in [1.29, 1.82) is 0 Å². The number of carbonyl (C=O) groups excluding carboxylic acids is 2. The van der Waals surface area contributed by atoms with Gasteiger partial charge in [-0.15, -0.1) is 23.2 Å². The van der Waals surface area contributed by atoms with E-state index in [-0.39, 0.29) is 32.0 Å². The molecule has 0 aliphatic heterocycles. The Hall–Kier alpha value is -2.16. The van der Waals surface area contributed by atoms with Crippen LogP contribution in [0.4, 0.5) is 24.5 Å². The van der Waals surface area contributed by atoms with E-state index in [2.05, 4.69) is 10.6 Å². The summed E-state index contributed by atoms with van der Waals surface area (Å²) < 4.78 is 39.1. The molecule has 4 nitrogen and oxygen atoms in total. The van der Waals surface area contributed by atoms with Crippen molar-refractivity contribution < 1.29 is 22.8 Å². The number of halogens is 8. The predicted octanol–water partition coefficient (Wildman–Crippen LogP) is 7.84. The third-order valence-electron chi connectivity index (χ3n) is 5.39. The van der Waals surface area contributed by atoms with Gasteiger partial charge in [-0.25, -0.2) is 13.2 Å². The second-order valence-corrected chi connectivity index (χ2v) is 10.3. The Morgan fingerprint density at radius 2 is 1.49 bits per heavy atom. The third-order valence-corrected chi connectivity index (χ3v) is 7.33. The van der Waals surface area contributed by atoms with Crippen molar-refractivity contribution in [1.82, 2.24) is 0 Å². The Morgan fingerprint density at radius 3 is 2.14 bits per heavy atom. The molecule has 0 bridgehead atoms. The number of rotatable bonds is 5. The first kappa shape index (κ1) is 25.9. The molecule has 12 heteroatoms. The van der Waals surface area contributed by atoms with Crippen LogP contribution >= 0.6 is 58.0 Å². The Labute approximate surface area is 222 Å². The van der Waals surface area contributed by atoms with E-state index >= 15 is 0 Å². The lowest BCUT2D eigenvalue weighted by Crippen LogP contribution is -2.19. The highest BCUT2D eigenvalue weighted by Crippen LogP contribution is 2.65. The summed E-state index contributed by atoms with van der Waals surface area (Å²) in [6, 6.07) is 9.15. The number of anilines is 2. The summed E-state index contributed by atoms with van der Waals surface area (Å²) >= 11 is 30.9. The number of alkyl halides is 2. The van der Waals surface area contributed by atoms with Gasteiger partial charge in [0.1, 0.15) is 21.8 Å². The van der Waals surface area contributed by atoms with Gasteiger partial charge in [0.25, 0.3) is 5.91 Å². The molecule has 0 aromatic heterocycles. The molecule has 2 amide bonds. The van der Waals surface area contributed by atoms with Crippen LogP contribution in [0.1, 0.15) is 21.8 Å². The van der Waals surface area contributed by atoms with Crippen molar-refractivity contribution in [2.75, 3.05) is 10.6 Å². The molecule has 2 N–H and O–H groups in total. The van der Waals surface area contributed by atoms with Gasteiger partial charge in [0.15, 0.2) is 0 Å². The van der Waals surface area contributed by atoms with Crippen LogP contribution in [0, 0.1) is 23.4 Å². The molecule has 0 saturated heterocycles. The number of nitrogens with one attached hydrogen (secondary N) is 2. The van der Waals surface area contributed by atoms with Crippen LogP contribution in [-0.2, 0) is 4.79 Å². The summed E-state index contributed by atoms with van der Waals surface area (Å²) in [6.07, 6.45) is 0. The second kappa shape index (κ2) is 9.71. The predicted molar refractivity (Wildman–Crippen MR) is 131 cm³/mol. The zero-order chi connectivity index (χ0) is 25.7. The first-order valence-corrected chi connectivity index (χ1v) is 11.7. The van der Waals surface area contributed by atoms with Crippen LogP contribution in [-0.4, -0.2) is 16.1 Å². The lowest BCUT2D eigenvalue weighted by molar-refractivity contribution is -0.117. The lowest BCUT2D eigenvalue weighted by Gasteiger charge is -2.13. The first-order valence-electron chi connectivity index (χ1n) is 9.79. The van der Waals surface area contributed by atoms with E-state index in [1.807, 2.05) is 0 Å². The number of benzene rings is 3. The fraction of sp³-hybridized carbons (Fsp3) is 0.130. The van der Waals surface area contributed by atoms with Gasteiger partial charge in [-0.3, -0.25) is 9.59 Å². The second-order valence-electron chi connectivity index (χ2n) is 7.65. The maximum absolute atomic E-state index is 13.9. The molecule has 3 aromatic rings. The molecule has 1 aliphatic carbocycles. The number of hydrogen-bond acceptors (Lipinski definition) is 2. The Morgan fingerprint density at radius 1 is 0.800 bits per heavy atom. The van der Waals surface area contributed by atoms with E-state index in [4.69, 9.17) is 58.0 Å². The maximum Gasteiger partial charge on any atom is 0.258 e. The highest BCUT2D eigenvalue weighted by atomic mass is 35.5. The summed E-state index contributed by atoms with van der Waals surface area (Å²) in [5, 5.41) is 4.34. The van der Waals surface area contributed by atoms with E-state index in [1.54, 1.807) is 0 Å². The van der Waals surface area contributed by atoms with Gasteiger partial charge in [-0.2, -0.15) is 0 Å². The Kier molecular flexibility index (Phi) is 7.19. The molecule has 0 heterocycles. The average Bonchev–Trinajstić information content (AvgIpc) is 3.36. The van der Waals surface area contributed by atoms with Gasteiger partial charge in [0, 0.05) is 12.0 Å². The highest BCUT2D eigenvalue weighted by Gasteiger charge is 2.67. The minimum atomic E-state index is -1.50. The van der Waals surface area contributed by atoms with Crippen LogP contribution in [0.3, 0.4) is 0 Å². The summed E-state index contributed by atoms with van der Waals surface area (Å²) in [7, 11) is 0. The van der Waals surface area contributed by atoms with Crippen molar-refractivity contribution >= 4 is 81.2 Å². The van der Waals surface area contributed by atoms with Crippen LogP contribution in [0.15, 0.2) is 48.5 Å². The Balaban J connectivity index is 1.56. The average molecular weight is 583 g/mol. The number of hydrogen-bond donors (Lipinski definition) is 2. The normalized spacial score (nSPS) is 18.2. The standard InChI is InChI=1S/C23H12Cl5F3N2O2/c24-11-3-6-16(20(26)17(11)21(34)32-15-5-2-10(29)8-14(15)31)33-22(35)19-18(23(19,27)28)9-1-4-13(30)12(25)7-9/h1-8,18-19H,(H,32,34)(H,33,35). The van der Waals surface area contributed by atoms with E-state index in [0.717, 1.165) is 18.2 Å². The van der Waals surface area contributed by atoms with Crippen molar-refractivity contribution in [3.63, 3.8) is 0 Å². The fourth-order valence-electron chi connectivity index (χ4n) is 3.62. The molecule has 2 atom stereocenters. The zero-order valence-electron chi connectivity index (χ0n) is 17.1. The van der Waals surface area contributed by atoms with Crippen LogP contribution < -0.4 is 10.6 Å². The molecule has 0 spiro atoms. The van der Waals surface area contributed by atoms with Gasteiger partial charge in [-0.1, -0.05) is 40.9 Å². The molecule has 3 aromatic carbocycles. The van der Waals surface area contributed by atoms with Crippen molar-refractivity contribution in [2.24, 2.45) is 5.92 Å².